The molecular weight excluding hydrogens is 252 g/mol. The molecule has 0 radical (unpaired) electrons. The van der Waals surface area contributed by atoms with Crippen LogP contribution >= 0.6 is 11.6 Å². The lowest BCUT2D eigenvalue weighted by Gasteiger charge is -2.28. The van der Waals surface area contributed by atoms with Gasteiger partial charge in [0.2, 0.25) is 0 Å². The Morgan fingerprint density at radius 3 is 3.06 bits per heavy atom. The largest absolute Gasteiger partial charge is 0.392 e. The molecule has 1 aliphatic rings. The van der Waals surface area contributed by atoms with Crippen LogP contribution in [-0.2, 0) is 11.3 Å². The van der Waals surface area contributed by atoms with Crippen molar-refractivity contribution in [2.45, 2.75) is 32.0 Å². The summed E-state index contributed by atoms with van der Waals surface area (Å²) in [6.07, 6.45) is 5.35. The van der Waals surface area contributed by atoms with E-state index in [0.717, 1.165) is 31.8 Å². The Balaban J connectivity index is 2.01. The monoisotopic (exact) mass is 270 g/mol. The third kappa shape index (κ3) is 3.34. The topological polar surface area (TPSA) is 45.6 Å². The summed E-state index contributed by atoms with van der Waals surface area (Å²) in [6.45, 7) is 1.61. The lowest BCUT2D eigenvalue weighted by molar-refractivity contribution is 0.0215. The van der Waals surface area contributed by atoms with Crippen LogP contribution in [0.5, 0.6) is 0 Å². The van der Waals surface area contributed by atoms with E-state index in [9.17, 15) is 5.11 Å². The lowest BCUT2D eigenvalue weighted by Crippen LogP contribution is -2.33. The zero-order chi connectivity index (χ0) is 13.0. The van der Waals surface area contributed by atoms with Crippen molar-refractivity contribution in [3.05, 3.63) is 22.8 Å². The molecule has 4 nitrogen and oxygen atoms in total. The maximum atomic E-state index is 9.19. The molecule has 0 spiro atoms. The van der Waals surface area contributed by atoms with Gasteiger partial charge in [0, 0.05) is 32.0 Å². The van der Waals surface area contributed by atoms with Gasteiger partial charge in [-0.25, -0.2) is 4.98 Å². The first-order valence-corrected chi connectivity index (χ1v) is 6.66. The number of hydrogen-bond donors (Lipinski definition) is 1. The highest BCUT2D eigenvalue weighted by molar-refractivity contribution is 6.31. The van der Waals surface area contributed by atoms with Gasteiger partial charge in [0.25, 0.3) is 0 Å². The smallest absolute Gasteiger partial charge is 0.128 e. The van der Waals surface area contributed by atoms with Crippen molar-refractivity contribution in [1.82, 2.24) is 4.98 Å². The van der Waals surface area contributed by atoms with Gasteiger partial charge in [-0.15, -0.1) is 0 Å². The highest BCUT2D eigenvalue weighted by Crippen LogP contribution is 2.21. The minimum absolute atomic E-state index is 0.0673. The van der Waals surface area contributed by atoms with E-state index < -0.39 is 0 Å². The molecule has 18 heavy (non-hydrogen) atoms. The number of hydrogen-bond acceptors (Lipinski definition) is 4. The number of anilines is 1. The van der Waals surface area contributed by atoms with Crippen molar-refractivity contribution >= 4 is 17.4 Å². The van der Waals surface area contributed by atoms with E-state index in [0.29, 0.717) is 10.6 Å². The number of ether oxygens (including phenoxy) is 1. The van der Waals surface area contributed by atoms with Crippen LogP contribution in [0, 0.1) is 0 Å². The average molecular weight is 271 g/mol. The first-order valence-electron chi connectivity index (χ1n) is 6.28. The van der Waals surface area contributed by atoms with Crippen LogP contribution in [0.4, 0.5) is 5.82 Å². The molecule has 1 saturated heterocycles. The Morgan fingerprint density at radius 2 is 2.39 bits per heavy atom. The number of aromatic nitrogens is 1. The van der Waals surface area contributed by atoms with Gasteiger partial charge in [0.05, 0.1) is 17.7 Å². The molecule has 100 valence electrons. The first-order chi connectivity index (χ1) is 8.70. The highest BCUT2D eigenvalue weighted by atomic mass is 35.5. The maximum Gasteiger partial charge on any atom is 0.128 e. The fourth-order valence-corrected chi connectivity index (χ4v) is 2.31. The minimum Gasteiger partial charge on any atom is -0.392 e. The fraction of sp³-hybridized carbons (Fsp3) is 0.615. The van der Waals surface area contributed by atoms with E-state index in [-0.39, 0.29) is 12.7 Å². The van der Waals surface area contributed by atoms with Crippen LogP contribution in [0.2, 0.25) is 5.02 Å². The molecule has 1 atom stereocenters. The summed E-state index contributed by atoms with van der Waals surface area (Å²) >= 11 is 5.93. The molecule has 1 unspecified atom stereocenters. The van der Waals surface area contributed by atoms with Crippen LogP contribution in [0.25, 0.3) is 0 Å². The molecule has 0 amide bonds. The summed E-state index contributed by atoms with van der Waals surface area (Å²) in [4.78, 5) is 6.33. The number of halogens is 1. The molecule has 0 aromatic carbocycles. The molecular formula is C13H19ClN2O2. The van der Waals surface area contributed by atoms with Gasteiger partial charge >= 0.3 is 0 Å². The Morgan fingerprint density at radius 1 is 1.56 bits per heavy atom. The molecule has 5 heteroatoms. The standard InChI is InChI=1S/C13H19ClN2O2/c1-16(8-11-4-2-3-5-18-11)13-6-10(9-17)12(14)7-15-13/h6-7,11,17H,2-5,8-9H2,1H3. The summed E-state index contributed by atoms with van der Waals surface area (Å²) in [6, 6.07) is 1.82. The molecule has 2 heterocycles. The predicted octanol–water partition coefficient (Wildman–Crippen LogP) is 2.23. The van der Waals surface area contributed by atoms with Gasteiger partial charge in [-0.05, 0) is 25.3 Å². The zero-order valence-electron chi connectivity index (χ0n) is 10.6. The molecule has 0 bridgehead atoms. The molecule has 0 aliphatic carbocycles. The van der Waals surface area contributed by atoms with Crippen molar-refractivity contribution < 1.29 is 9.84 Å². The van der Waals surface area contributed by atoms with Crippen LogP contribution < -0.4 is 4.90 Å². The second-order valence-corrected chi connectivity index (χ2v) is 5.07. The van der Waals surface area contributed by atoms with E-state index in [2.05, 4.69) is 4.98 Å². The van der Waals surface area contributed by atoms with E-state index >= 15 is 0 Å². The third-order valence-electron chi connectivity index (χ3n) is 3.23. The minimum atomic E-state index is -0.0673. The summed E-state index contributed by atoms with van der Waals surface area (Å²) in [5.41, 5.74) is 0.707. The Labute approximate surface area is 113 Å². The van der Waals surface area contributed by atoms with E-state index in [1.165, 1.54) is 6.42 Å². The molecule has 2 rings (SSSR count). The van der Waals surface area contributed by atoms with Crippen LogP contribution in [0.3, 0.4) is 0 Å². The number of rotatable bonds is 4. The summed E-state index contributed by atoms with van der Waals surface area (Å²) in [5.74, 6) is 0.817. The van der Waals surface area contributed by atoms with Crippen molar-refractivity contribution in [3.63, 3.8) is 0 Å². The Bertz CT molecular complexity index is 395. The molecule has 1 aromatic rings. The zero-order valence-corrected chi connectivity index (χ0v) is 11.4. The van der Waals surface area contributed by atoms with Crippen LogP contribution in [-0.4, -0.2) is 36.4 Å². The molecule has 1 aromatic heterocycles. The van der Waals surface area contributed by atoms with E-state index in [1.807, 2.05) is 18.0 Å². The van der Waals surface area contributed by atoms with E-state index in [1.54, 1.807) is 6.20 Å². The van der Waals surface area contributed by atoms with E-state index in [4.69, 9.17) is 16.3 Å². The normalized spacial score (nSPS) is 19.8. The van der Waals surface area contributed by atoms with Crippen LogP contribution in [0.15, 0.2) is 12.3 Å². The fourth-order valence-electron chi connectivity index (χ4n) is 2.15. The van der Waals surface area contributed by atoms with Gasteiger partial charge in [-0.3, -0.25) is 0 Å². The number of pyridine rings is 1. The Hall–Kier alpha value is -0.840. The third-order valence-corrected chi connectivity index (χ3v) is 3.57. The van der Waals surface area contributed by atoms with Crippen molar-refractivity contribution in [1.29, 1.82) is 0 Å². The quantitative estimate of drug-likeness (QED) is 0.911. The summed E-state index contributed by atoms with van der Waals surface area (Å²) in [5, 5.41) is 9.69. The lowest BCUT2D eigenvalue weighted by atomic mass is 10.1. The summed E-state index contributed by atoms with van der Waals surface area (Å²) in [7, 11) is 1.98. The molecule has 1 aliphatic heterocycles. The number of aliphatic hydroxyl groups is 1. The Kier molecular flexibility index (Phi) is 4.80. The second-order valence-electron chi connectivity index (χ2n) is 4.66. The molecule has 1 N–H and O–H groups in total. The van der Waals surface area contributed by atoms with Gasteiger partial charge < -0.3 is 14.7 Å². The highest BCUT2D eigenvalue weighted by Gasteiger charge is 2.17. The average Bonchev–Trinajstić information content (AvgIpc) is 2.40. The number of likely N-dealkylation sites (N-methyl/N-ethyl adjacent to an activating group) is 1. The van der Waals surface area contributed by atoms with Gasteiger partial charge in [-0.2, -0.15) is 0 Å². The number of aliphatic hydroxyl groups excluding tert-OH is 1. The van der Waals surface area contributed by atoms with Gasteiger partial charge in [0.1, 0.15) is 5.82 Å². The first kappa shape index (κ1) is 13.6. The van der Waals surface area contributed by atoms with Gasteiger partial charge in [0.15, 0.2) is 0 Å². The predicted molar refractivity (Wildman–Crippen MR) is 72.0 cm³/mol. The molecule has 1 fully saturated rings. The van der Waals surface area contributed by atoms with Crippen molar-refractivity contribution in [3.8, 4) is 0 Å². The van der Waals surface area contributed by atoms with Crippen molar-refractivity contribution in [2.75, 3.05) is 25.1 Å². The second kappa shape index (κ2) is 6.36. The van der Waals surface area contributed by atoms with Gasteiger partial charge in [-0.1, -0.05) is 11.6 Å². The molecule has 0 saturated carbocycles. The SMILES string of the molecule is CN(CC1CCCCO1)c1cc(CO)c(Cl)cn1. The van der Waals surface area contributed by atoms with Crippen LogP contribution in [0.1, 0.15) is 24.8 Å². The van der Waals surface area contributed by atoms with Crippen molar-refractivity contribution in [2.24, 2.45) is 0 Å². The summed E-state index contributed by atoms with van der Waals surface area (Å²) < 4.78 is 5.71. The maximum absolute atomic E-state index is 9.19. The number of nitrogens with zero attached hydrogens (tertiary/aromatic N) is 2.